The van der Waals surface area contributed by atoms with Gasteiger partial charge in [-0.1, -0.05) is 97.9 Å². The van der Waals surface area contributed by atoms with E-state index >= 15 is 0 Å². The number of aliphatic hydroxyl groups is 1. The lowest BCUT2D eigenvalue weighted by Crippen LogP contribution is -2.26. The molecule has 0 aliphatic carbocycles. The van der Waals surface area contributed by atoms with E-state index in [-0.39, 0.29) is 37.3 Å². The molecule has 0 bridgehead atoms. The second-order valence-electron chi connectivity index (χ2n) is 8.43. The maximum absolute atomic E-state index is 13.1. The van der Waals surface area contributed by atoms with Gasteiger partial charge >= 0.3 is 5.97 Å². The molecule has 0 saturated heterocycles. The third-order valence-corrected chi connectivity index (χ3v) is 5.42. The van der Waals surface area contributed by atoms with Crippen molar-refractivity contribution in [1.82, 2.24) is 0 Å². The zero-order valence-corrected chi connectivity index (χ0v) is 20.8. The Kier molecular flexibility index (Phi) is 10.9. The van der Waals surface area contributed by atoms with Crippen molar-refractivity contribution in [3.05, 3.63) is 119 Å². The Hall–Kier alpha value is -3.74. The molecule has 0 aromatic heterocycles. The zero-order chi connectivity index (χ0) is 25.6. The van der Waals surface area contributed by atoms with E-state index in [1.807, 2.05) is 97.9 Å². The number of ether oxygens (including phenoxy) is 3. The van der Waals surface area contributed by atoms with Crippen LogP contribution in [-0.2, 0) is 38.8 Å². The van der Waals surface area contributed by atoms with Crippen LogP contribution in [0, 0.1) is 5.92 Å². The van der Waals surface area contributed by atoms with Gasteiger partial charge in [-0.15, -0.1) is 0 Å². The Morgan fingerprint density at radius 3 is 1.89 bits per heavy atom. The number of carbonyl (C=O) groups is 1. The summed E-state index contributed by atoms with van der Waals surface area (Å²) in [5, 5.41) is 10.5. The minimum absolute atomic E-state index is 0.0585. The number of carbonyl (C=O) groups excluding carboxylic acids is 1. The molecule has 6 nitrogen and oxygen atoms in total. The Morgan fingerprint density at radius 2 is 1.33 bits per heavy atom. The minimum atomic E-state index is -0.627. The lowest BCUT2D eigenvalue weighted by molar-refractivity contribution is -0.139. The van der Waals surface area contributed by atoms with E-state index in [0.29, 0.717) is 18.9 Å². The number of benzene rings is 3. The van der Waals surface area contributed by atoms with Crippen LogP contribution >= 0.6 is 0 Å². The van der Waals surface area contributed by atoms with Gasteiger partial charge in [-0.3, -0.25) is 4.99 Å². The highest BCUT2D eigenvalue weighted by atomic mass is 16.7. The summed E-state index contributed by atoms with van der Waals surface area (Å²) in [7, 11) is 0. The summed E-state index contributed by atoms with van der Waals surface area (Å²) < 4.78 is 16.9. The van der Waals surface area contributed by atoms with Gasteiger partial charge in [0.05, 0.1) is 25.5 Å². The van der Waals surface area contributed by atoms with E-state index < -0.39 is 5.97 Å². The van der Waals surface area contributed by atoms with Crippen LogP contribution in [0.25, 0.3) is 0 Å². The number of rotatable bonds is 13. The van der Waals surface area contributed by atoms with Crippen molar-refractivity contribution in [1.29, 1.82) is 0 Å². The average Bonchev–Trinajstić information content (AvgIpc) is 2.91. The Morgan fingerprint density at radius 1 is 0.806 bits per heavy atom. The first-order valence-corrected chi connectivity index (χ1v) is 11.9. The Labute approximate surface area is 212 Å². The molecule has 0 saturated carbocycles. The Bertz CT molecular complexity index is 1120. The van der Waals surface area contributed by atoms with Gasteiger partial charge < -0.3 is 19.3 Å². The van der Waals surface area contributed by atoms with E-state index in [2.05, 4.69) is 0 Å². The molecule has 188 valence electrons. The van der Waals surface area contributed by atoms with Gasteiger partial charge in [0.25, 0.3) is 0 Å². The van der Waals surface area contributed by atoms with Crippen LogP contribution in [0.5, 0.6) is 0 Å². The molecule has 1 N–H and O–H groups in total. The highest BCUT2D eigenvalue weighted by molar-refractivity contribution is 6.20. The molecule has 0 fully saturated rings. The van der Waals surface area contributed by atoms with Crippen molar-refractivity contribution in [2.75, 3.05) is 13.4 Å². The molecule has 6 heteroatoms. The molecule has 0 spiro atoms. The molecule has 3 aromatic rings. The number of hydrogen-bond acceptors (Lipinski definition) is 6. The van der Waals surface area contributed by atoms with E-state index in [4.69, 9.17) is 19.2 Å². The summed E-state index contributed by atoms with van der Waals surface area (Å²) in [5.41, 5.74) is 3.39. The van der Waals surface area contributed by atoms with Gasteiger partial charge in [-0.2, -0.15) is 0 Å². The summed E-state index contributed by atoms with van der Waals surface area (Å²) in [4.78, 5) is 17.8. The van der Waals surface area contributed by atoms with E-state index in [1.165, 1.54) is 6.92 Å². The number of aliphatic hydroxyl groups excluding tert-OH is 1. The van der Waals surface area contributed by atoms with Crippen molar-refractivity contribution in [3.8, 4) is 0 Å². The molecule has 3 rings (SSSR count). The minimum Gasteiger partial charge on any atom is -0.512 e. The van der Waals surface area contributed by atoms with Crippen LogP contribution in [0.2, 0.25) is 0 Å². The zero-order valence-electron chi connectivity index (χ0n) is 20.8. The highest BCUT2D eigenvalue weighted by Gasteiger charge is 2.26. The molecule has 0 aliphatic rings. The average molecular weight is 488 g/mol. The van der Waals surface area contributed by atoms with Crippen molar-refractivity contribution in [3.63, 3.8) is 0 Å². The van der Waals surface area contributed by atoms with E-state index in [9.17, 15) is 9.90 Å². The molecule has 36 heavy (non-hydrogen) atoms. The van der Waals surface area contributed by atoms with Crippen molar-refractivity contribution in [2.45, 2.75) is 33.6 Å². The van der Waals surface area contributed by atoms with Crippen LogP contribution < -0.4 is 0 Å². The number of nitrogens with zero attached hydrogens (tertiary/aromatic N) is 1. The standard InChI is InChI=1S/C30H33NO5/c1-23(19-34-22-35-20-26-14-8-4-9-15-26)29(31-18-25-12-6-3-7-13-25)28(24(2)32)30(33)36-21-27-16-10-5-11-17-27/h3-17,23,32H,18-22H2,1-2H3. The molecule has 1 atom stereocenters. The van der Waals surface area contributed by atoms with Gasteiger partial charge in [0, 0.05) is 5.92 Å². The second-order valence-corrected chi connectivity index (χ2v) is 8.43. The lowest BCUT2D eigenvalue weighted by Gasteiger charge is -2.19. The first-order chi connectivity index (χ1) is 17.5. The van der Waals surface area contributed by atoms with Crippen LogP contribution in [0.3, 0.4) is 0 Å². The third-order valence-electron chi connectivity index (χ3n) is 5.42. The van der Waals surface area contributed by atoms with Crippen molar-refractivity contribution < 1.29 is 24.1 Å². The predicted octanol–water partition coefficient (Wildman–Crippen LogP) is 6.03. The van der Waals surface area contributed by atoms with E-state index in [1.54, 1.807) is 0 Å². The number of esters is 1. The fourth-order valence-corrected chi connectivity index (χ4v) is 3.57. The second kappa shape index (κ2) is 14.6. The third kappa shape index (κ3) is 8.80. The molecule has 0 radical (unpaired) electrons. The SMILES string of the molecule is CC(O)=C(C(=O)OCc1ccccc1)C(=NCc1ccccc1)C(C)COCOCc1ccccc1. The number of hydrogen-bond donors (Lipinski definition) is 1. The first-order valence-electron chi connectivity index (χ1n) is 11.9. The monoisotopic (exact) mass is 487 g/mol. The van der Waals surface area contributed by atoms with Gasteiger partial charge in [0.1, 0.15) is 24.7 Å². The quantitative estimate of drug-likeness (QED) is 0.0795. The van der Waals surface area contributed by atoms with Crippen LogP contribution in [0.1, 0.15) is 30.5 Å². The van der Waals surface area contributed by atoms with Gasteiger partial charge in [0.15, 0.2) is 0 Å². The number of allylic oxidation sites excluding steroid dienone is 1. The molecule has 0 amide bonds. The summed E-state index contributed by atoms with van der Waals surface area (Å²) in [6, 6.07) is 29.0. The smallest absolute Gasteiger partial charge is 0.343 e. The highest BCUT2D eigenvalue weighted by Crippen LogP contribution is 2.18. The topological polar surface area (TPSA) is 77.4 Å². The maximum Gasteiger partial charge on any atom is 0.343 e. The van der Waals surface area contributed by atoms with E-state index in [0.717, 1.165) is 16.7 Å². The summed E-state index contributed by atoms with van der Waals surface area (Å²) >= 11 is 0. The molecule has 0 heterocycles. The molecule has 3 aromatic carbocycles. The van der Waals surface area contributed by atoms with Gasteiger partial charge in [0.2, 0.25) is 0 Å². The molecular weight excluding hydrogens is 454 g/mol. The van der Waals surface area contributed by atoms with Crippen molar-refractivity contribution in [2.24, 2.45) is 10.9 Å². The summed E-state index contributed by atoms with van der Waals surface area (Å²) in [6.45, 7) is 4.61. The normalized spacial score (nSPS) is 13.1. The first kappa shape index (κ1) is 26.9. The van der Waals surface area contributed by atoms with Crippen LogP contribution in [0.15, 0.2) is 107 Å². The van der Waals surface area contributed by atoms with Gasteiger partial charge in [-0.25, -0.2) is 4.79 Å². The largest absolute Gasteiger partial charge is 0.512 e. The van der Waals surface area contributed by atoms with Crippen molar-refractivity contribution >= 4 is 11.7 Å². The number of aliphatic imine (C=N–C) groups is 1. The molecule has 0 aliphatic heterocycles. The van der Waals surface area contributed by atoms with Crippen LogP contribution in [0.4, 0.5) is 0 Å². The molecular formula is C30H33NO5. The van der Waals surface area contributed by atoms with Crippen LogP contribution in [-0.4, -0.2) is 30.2 Å². The maximum atomic E-state index is 13.1. The summed E-state index contributed by atoms with van der Waals surface area (Å²) in [6.07, 6.45) is 0. The predicted molar refractivity (Wildman–Crippen MR) is 140 cm³/mol. The lowest BCUT2D eigenvalue weighted by atomic mass is 9.97. The Balaban J connectivity index is 1.68. The molecule has 1 unspecified atom stereocenters. The van der Waals surface area contributed by atoms with Gasteiger partial charge in [-0.05, 0) is 23.6 Å². The fourth-order valence-electron chi connectivity index (χ4n) is 3.57. The fraction of sp³-hybridized carbons (Fsp3) is 0.267. The summed E-state index contributed by atoms with van der Waals surface area (Å²) in [5.74, 6) is -1.07.